The van der Waals surface area contributed by atoms with Crippen molar-refractivity contribution in [3.8, 4) is 6.07 Å². The Kier molecular flexibility index (Phi) is 7.94. The van der Waals surface area contributed by atoms with Gasteiger partial charge >= 0.3 is 6.18 Å². The van der Waals surface area contributed by atoms with Crippen molar-refractivity contribution in [1.82, 2.24) is 24.6 Å². The Balaban J connectivity index is 1.24. The number of rotatable bonds is 9. The van der Waals surface area contributed by atoms with Gasteiger partial charge in [0.1, 0.15) is 23.8 Å². The van der Waals surface area contributed by atoms with E-state index in [-0.39, 0.29) is 42.1 Å². The summed E-state index contributed by atoms with van der Waals surface area (Å²) in [4.78, 5) is 22.2. The van der Waals surface area contributed by atoms with Crippen LogP contribution in [-0.4, -0.2) is 75.6 Å². The third kappa shape index (κ3) is 5.61. The minimum absolute atomic E-state index is 0.0473. The Morgan fingerprint density at radius 2 is 2.04 bits per heavy atom. The fourth-order valence-corrected chi connectivity index (χ4v) is 7.21. The maximum absolute atomic E-state index is 14.6. The average molecular weight is 637 g/mol. The summed E-state index contributed by atoms with van der Waals surface area (Å²) in [6, 6.07) is 8.70. The highest BCUT2D eigenvalue weighted by atomic mass is 19.4. The van der Waals surface area contributed by atoms with Gasteiger partial charge in [-0.25, -0.2) is 4.98 Å². The maximum Gasteiger partial charge on any atom is 0.416 e. The number of pyridine rings is 1. The van der Waals surface area contributed by atoms with Crippen LogP contribution in [0.1, 0.15) is 64.1 Å². The zero-order valence-corrected chi connectivity index (χ0v) is 25.5. The van der Waals surface area contributed by atoms with Gasteiger partial charge in [0.2, 0.25) is 0 Å². The summed E-state index contributed by atoms with van der Waals surface area (Å²) in [6.45, 7) is 2.59. The molecule has 0 aliphatic carbocycles. The van der Waals surface area contributed by atoms with Gasteiger partial charge in [-0.05, 0) is 66.8 Å². The first kappa shape index (κ1) is 30.6. The molecular formula is C32H35F3N8O3. The Bertz CT molecular complexity index is 1680. The van der Waals surface area contributed by atoms with Crippen LogP contribution >= 0.6 is 0 Å². The average Bonchev–Trinajstić information content (AvgIpc) is 3.73. The first-order valence-corrected chi connectivity index (χ1v) is 15.6. The van der Waals surface area contributed by atoms with Crippen LogP contribution in [-0.2, 0) is 47.6 Å². The Labute approximate surface area is 264 Å². The molecule has 0 radical (unpaired) electrons. The molecule has 0 spiro atoms. The van der Waals surface area contributed by atoms with Gasteiger partial charge in [0.15, 0.2) is 0 Å². The lowest BCUT2D eigenvalue weighted by molar-refractivity contribution is -0.138. The smallest absolute Gasteiger partial charge is 0.379 e. The van der Waals surface area contributed by atoms with E-state index in [0.717, 1.165) is 37.2 Å². The van der Waals surface area contributed by atoms with Gasteiger partial charge in [0.05, 0.1) is 43.9 Å². The van der Waals surface area contributed by atoms with Crippen LogP contribution in [0, 0.1) is 11.3 Å². The molecule has 3 fully saturated rings. The van der Waals surface area contributed by atoms with Crippen molar-refractivity contribution in [2.45, 2.75) is 68.9 Å². The largest absolute Gasteiger partial charge is 0.416 e. The van der Waals surface area contributed by atoms with Gasteiger partial charge < -0.3 is 19.4 Å². The van der Waals surface area contributed by atoms with E-state index in [4.69, 9.17) is 14.7 Å². The molecule has 0 saturated carbocycles. The molecule has 11 nitrogen and oxygen atoms in total. The summed E-state index contributed by atoms with van der Waals surface area (Å²) in [5, 5.41) is 20.4. The lowest BCUT2D eigenvalue weighted by atomic mass is 9.75. The SMILES string of the molecule is Cn1cnnc1CC1(c2cc(NCCC#N)nc(N3Cc4c(cc(CN5CCCC6OCCC65)cc4C(F)(F)F)C3=O)c2)COC1. The first-order valence-electron chi connectivity index (χ1n) is 15.6. The lowest BCUT2D eigenvalue weighted by Gasteiger charge is -2.42. The van der Waals surface area contributed by atoms with E-state index in [1.54, 1.807) is 18.5 Å². The lowest BCUT2D eigenvalue weighted by Crippen LogP contribution is -2.49. The number of fused-ring (bicyclic) bond motifs is 2. The van der Waals surface area contributed by atoms with Crippen LogP contribution < -0.4 is 10.2 Å². The first-order chi connectivity index (χ1) is 22.1. The van der Waals surface area contributed by atoms with Crippen molar-refractivity contribution < 1.29 is 27.4 Å². The molecule has 2 aromatic heterocycles. The molecular weight excluding hydrogens is 601 g/mol. The van der Waals surface area contributed by atoms with Crippen molar-refractivity contribution in [3.63, 3.8) is 0 Å². The third-order valence-corrected chi connectivity index (χ3v) is 9.67. The fraction of sp³-hybridized carbons (Fsp3) is 0.531. The summed E-state index contributed by atoms with van der Waals surface area (Å²) >= 11 is 0. The van der Waals surface area contributed by atoms with Crippen LogP contribution in [0.5, 0.6) is 0 Å². The fourth-order valence-electron chi connectivity index (χ4n) is 7.21. The van der Waals surface area contributed by atoms with Crippen molar-refractivity contribution in [1.29, 1.82) is 5.26 Å². The number of benzene rings is 1. The molecule has 46 heavy (non-hydrogen) atoms. The number of likely N-dealkylation sites (tertiary alicyclic amines) is 1. The molecule has 3 saturated heterocycles. The number of carbonyl (C=O) groups is 1. The molecule has 4 aliphatic heterocycles. The number of piperidine rings is 1. The van der Waals surface area contributed by atoms with Crippen molar-refractivity contribution in [2.75, 3.05) is 43.1 Å². The predicted molar refractivity (Wildman–Crippen MR) is 160 cm³/mol. The summed E-state index contributed by atoms with van der Waals surface area (Å²) < 4.78 is 57.0. The maximum atomic E-state index is 14.6. The van der Waals surface area contributed by atoms with Crippen LogP contribution in [0.15, 0.2) is 30.6 Å². The number of nitrogens with zero attached hydrogens (tertiary/aromatic N) is 7. The molecule has 242 valence electrons. The van der Waals surface area contributed by atoms with Gasteiger partial charge in [-0.3, -0.25) is 14.6 Å². The van der Waals surface area contributed by atoms with E-state index in [2.05, 4.69) is 31.5 Å². The molecule has 7 rings (SSSR count). The Morgan fingerprint density at radius 3 is 2.76 bits per heavy atom. The van der Waals surface area contributed by atoms with Gasteiger partial charge in [-0.1, -0.05) is 0 Å². The highest BCUT2D eigenvalue weighted by Crippen LogP contribution is 2.42. The van der Waals surface area contributed by atoms with E-state index in [1.165, 1.54) is 11.0 Å². The highest BCUT2D eigenvalue weighted by Gasteiger charge is 2.45. The number of amides is 1. The summed E-state index contributed by atoms with van der Waals surface area (Å²) in [5.74, 6) is 0.879. The summed E-state index contributed by atoms with van der Waals surface area (Å²) in [7, 11) is 1.85. The van der Waals surface area contributed by atoms with Gasteiger partial charge in [-0.15, -0.1) is 10.2 Å². The van der Waals surface area contributed by atoms with Gasteiger partial charge in [0, 0.05) is 50.2 Å². The Morgan fingerprint density at radius 1 is 1.20 bits per heavy atom. The second-order valence-electron chi connectivity index (χ2n) is 12.7. The molecule has 3 aromatic rings. The van der Waals surface area contributed by atoms with E-state index in [1.807, 2.05) is 17.7 Å². The second-order valence-corrected chi connectivity index (χ2v) is 12.7. The van der Waals surface area contributed by atoms with E-state index < -0.39 is 23.1 Å². The number of carbonyl (C=O) groups excluding carboxylic acids is 1. The topological polar surface area (TPSA) is 121 Å². The van der Waals surface area contributed by atoms with Crippen LogP contribution in [0.4, 0.5) is 24.8 Å². The number of hydrogen-bond donors (Lipinski definition) is 1. The van der Waals surface area contributed by atoms with Crippen molar-refractivity contribution in [2.24, 2.45) is 7.05 Å². The predicted octanol–water partition coefficient (Wildman–Crippen LogP) is 3.98. The van der Waals surface area contributed by atoms with Crippen molar-refractivity contribution >= 4 is 17.5 Å². The van der Waals surface area contributed by atoms with Gasteiger partial charge in [0.25, 0.3) is 5.91 Å². The number of alkyl halides is 3. The summed E-state index contributed by atoms with van der Waals surface area (Å²) in [5.41, 5.74) is -0.0159. The molecule has 0 bridgehead atoms. The highest BCUT2D eigenvalue weighted by molar-refractivity contribution is 6.10. The molecule has 2 atom stereocenters. The third-order valence-electron chi connectivity index (χ3n) is 9.67. The van der Waals surface area contributed by atoms with Crippen LogP contribution in [0.2, 0.25) is 0 Å². The molecule has 1 aromatic carbocycles. The number of aromatic nitrogens is 4. The monoisotopic (exact) mass is 636 g/mol. The number of nitriles is 1. The zero-order valence-electron chi connectivity index (χ0n) is 25.5. The second kappa shape index (κ2) is 11.9. The minimum atomic E-state index is -4.64. The minimum Gasteiger partial charge on any atom is -0.379 e. The molecule has 4 aliphatic rings. The van der Waals surface area contributed by atoms with E-state index in [9.17, 15) is 18.0 Å². The number of hydrogen-bond acceptors (Lipinski definition) is 9. The number of nitrogens with one attached hydrogen (secondary N) is 1. The van der Waals surface area contributed by atoms with Crippen molar-refractivity contribution in [3.05, 3.63) is 64.2 Å². The van der Waals surface area contributed by atoms with Crippen LogP contribution in [0.3, 0.4) is 0 Å². The number of aryl methyl sites for hydroxylation is 1. The molecule has 1 N–H and O–H groups in total. The molecule has 2 unspecified atom stereocenters. The van der Waals surface area contributed by atoms with E-state index in [0.29, 0.717) is 50.7 Å². The van der Waals surface area contributed by atoms with Crippen LogP contribution in [0.25, 0.3) is 0 Å². The summed E-state index contributed by atoms with van der Waals surface area (Å²) in [6.07, 6.45) is 0.542. The quantitative estimate of drug-likeness (QED) is 0.348. The van der Waals surface area contributed by atoms with Gasteiger partial charge in [-0.2, -0.15) is 18.4 Å². The normalized spacial score (nSPS) is 22.3. The number of halogens is 3. The Hall–Kier alpha value is -4.06. The molecule has 6 heterocycles. The number of anilines is 2. The van der Waals surface area contributed by atoms with E-state index >= 15 is 0 Å². The standard InChI is InChI=1S/C32H35F3N8O3/c1-41-19-38-40-29(41)14-31(17-45-18-31)21-12-27(37-7-3-6-36)39-28(13-21)43-16-23-22(30(43)44)10-20(11-24(23)32(33,34)35)15-42-8-2-4-26-25(42)5-9-46-26/h10-13,19,25-26H,2-5,7-9,14-18H2,1H3,(H,37,39). The zero-order chi connectivity index (χ0) is 32.1. The molecule has 14 heteroatoms. The number of ether oxygens (including phenoxy) is 2. The molecule has 1 amide bonds.